The molecule has 1 fully saturated rings. The molecular formula is C9H12F3N5. The van der Waals surface area contributed by atoms with E-state index < -0.39 is 12.0 Å². The van der Waals surface area contributed by atoms with Crippen molar-refractivity contribution in [2.75, 3.05) is 23.4 Å². The zero-order valence-electron chi connectivity index (χ0n) is 8.96. The van der Waals surface area contributed by atoms with E-state index in [0.29, 0.717) is 13.1 Å². The maximum atomic E-state index is 12.6. The summed E-state index contributed by atoms with van der Waals surface area (Å²) in [5, 5.41) is 0. The van der Waals surface area contributed by atoms with Gasteiger partial charge in [-0.15, -0.1) is 0 Å². The normalized spacial score (nSPS) is 16.4. The summed E-state index contributed by atoms with van der Waals surface area (Å²) in [5.41, 5.74) is 2.13. The van der Waals surface area contributed by atoms with E-state index in [9.17, 15) is 13.2 Å². The number of nitrogens with zero attached hydrogens (tertiary/aromatic N) is 3. The molecule has 2 heterocycles. The summed E-state index contributed by atoms with van der Waals surface area (Å²) in [6, 6.07) is 1.42. The first-order valence-electron chi connectivity index (χ1n) is 5.18. The van der Waals surface area contributed by atoms with Crippen LogP contribution in [0.4, 0.5) is 24.8 Å². The monoisotopic (exact) mass is 247 g/mol. The maximum absolute atomic E-state index is 12.6. The van der Waals surface area contributed by atoms with Crippen molar-refractivity contribution in [1.29, 1.82) is 0 Å². The standard InChI is InChI=1S/C9H12F3N5/c10-9(11,12)8-14-6(16-13)5-7(15-8)17-3-1-2-4-17/h5H,1-4,13H2,(H,14,15,16). The minimum Gasteiger partial charge on any atom is -0.356 e. The van der Waals surface area contributed by atoms with E-state index in [-0.39, 0.29) is 11.6 Å². The second-order valence-corrected chi connectivity index (χ2v) is 3.77. The quantitative estimate of drug-likeness (QED) is 0.610. The third-order valence-electron chi connectivity index (χ3n) is 2.54. The van der Waals surface area contributed by atoms with Crippen LogP contribution in [0.25, 0.3) is 0 Å². The van der Waals surface area contributed by atoms with Gasteiger partial charge in [-0.3, -0.25) is 0 Å². The fourth-order valence-corrected chi connectivity index (χ4v) is 1.74. The highest BCUT2D eigenvalue weighted by molar-refractivity contribution is 5.49. The summed E-state index contributed by atoms with van der Waals surface area (Å²) in [6.45, 7) is 1.41. The van der Waals surface area contributed by atoms with Gasteiger partial charge in [0.1, 0.15) is 11.6 Å². The zero-order valence-corrected chi connectivity index (χ0v) is 8.96. The van der Waals surface area contributed by atoms with Crippen molar-refractivity contribution in [2.24, 2.45) is 5.84 Å². The van der Waals surface area contributed by atoms with Crippen LogP contribution in [0.5, 0.6) is 0 Å². The Morgan fingerprint density at radius 1 is 1.24 bits per heavy atom. The van der Waals surface area contributed by atoms with Gasteiger partial charge in [0, 0.05) is 19.2 Å². The van der Waals surface area contributed by atoms with Gasteiger partial charge in [0.2, 0.25) is 5.82 Å². The number of alkyl halides is 3. The van der Waals surface area contributed by atoms with E-state index in [1.54, 1.807) is 4.90 Å². The van der Waals surface area contributed by atoms with E-state index in [2.05, 4.69) is 15.4 Å². The Labute approximate surface area is 95.8 Å². The van der Waals surface area contributed by atoms with Gasteiger partial charge < -0.3 is 10.3 Å². The van der Waals surface area contributed by atoms with Crippen LogP contribution in [0.3, 0.4) is 0 Å². The van der Waals surface area contributed by atoms with Crippen LogP contribution >= 0.6 is 0 Å². The fourth-order valence-electron chi connectivity index (χ4n) is 1.74. The average molecular weight is 247 g/mol. The molecule has 0 aromatic carbocycles. The van der Waals surface area contributed by atoms with Gasteiger partial charge in [0.25, 0.3) is 0 Å². The lowest BCUT2D eigenvalue weighted by Crippen LogP contribution is -2.23. The highest BCUT2D eigenvalue weighted by Crippen LogP contribution is 2.29. The molecule has 5 nitrogen and oxygen atoms in total. The number of hydrogen-bond acceptors (Lipinski definition) is 5. The van der Waals surface area contributed by atoms with Crippen molar-refractivity contribution in [3.63, 3.8) is 0 Å². The van der Waals surface area contributed by atoms with Crippen molar-refractivity contribution < 1.29 is 13.2 Å². The lowest BCUT2D eigenvalue weighted by atomic mass is 10.4. The molecule has 8 heteroatoms. The number of rotatable bonds is 2. The molecule has 0 amide bonds. The minimum absolute atomic E-state index is 0.0331. The first-order chi connectivity index (χ1) is 8.00. The minimum atomic E-state index is -4.57. The Kier molecular flexibility index (Phi) is 3.05. The molecule has 1 aromatic rings. The number of hydrogen-bond donors (Lipinski definition) is 2. The second kappa shape index (κ2) is 4.36. The summed E-state index contributed by atoms with van der Waals surface area (Å²) in [7, 11) is 0. The smallest absolute Gasteiger partial charge is 0.356 e. The molecule has 0 bridgehead atoms. The molecule has 1 saturated heterocycles. The van der Waals surface area contributed by atoms with E-state index >= 15 is 0 Å². The number of nitrogen functional groups attached to an aromatic ring is 1. The lowest BCUT2D eigenvalue weighted by molar-refractivity contribution is -0.144. The molecule has 0 atom stereocenters. The summed E-state index contributed by atoms with van der Waals surface area (Å²) < 4.78 is 37.7. The molecule has 2 rings (SSSR count). The molecule has 17 heavy (non-hydrogen) atoms. The largest absolute Gasteiger partial charge is 0.451 e. The molecule has 1 aromatic heterocycles. The van der Waals surface area contributed by atoms with E-state index in [0.717, 1.165) is 12.8 Å². The van der Waals surface area contributed by atoms with Crippen molar-refractivity contribution in [1.82, 2.24) is 9.97 Å². The number of hydrazine groups is 1. The predicted molar refractivity (Wildman–Crippen MR) is 56.3 cm³/mol. The summed E-state index contributed by atoms with van der Waals surface area (Å²) in [4.78, 5) is 8.61. The van der Waals surface area contributed by atoms with Crippen molar-refractivity contribution in [3.05, 3.63) is 11.9 Å². The van der Waals surface area contributed by atoms with Crippen molar-refractivity contribution in [3.8, 4) is 0 Å². The first-order valence-corrected chi connectivity index (χ1v) is 5.18. The van der Waals surface area contributed by atoms with Gasteiger partial charge in [0.05, 0.1) is 0 Å². The van der Waals surface area contributed by atoms with Crippen LogP contribution in [0.2, 0.25) is 0 Å². The molecule has 0 unspecified atom stereocenters. The highest BCUT2D eigenvalue weighted by atomic mass is 19.4. The van der Waals surface area contributed by atoms with E-state index in [1.165, 1.54) is 6.07 Å². The van der Waals surface area contributed by atoms with Crippen molar-refractivity contribution in [2.45, 2.75) is 19.0 Å². The topological polar surface area (TPSA) is 67.1 Å². The lowest BCUT2D eigenvalue weighted by Gasteiger charge is -2.18. The van der Waals surface area contributed by atoms with Gasteiger partial charge >= 0.3 is 6.18 Å². The third-order valence-corrected chi connectivity index (χ3v) is 2.54. The van der Waals surface area contributed by atoms with Gasteiger partial charge in [-0.2, -0.15) is 13.2 Å². The van der Waals surface area contributed by atoms with Crippen LogP contribution in [-0.2, 0) is 6.18 Å². The van der Waals surface area contributed by atoms with Crippen LogP contribution < -0.4 is 16.2 Å². The Morgan fingerprint density at radius 2 is 1.88 bits per heavy atom. The number of nitrogens with one attached hydrogen (secondary N) is 1. The number of anilines is 2. The average Bonchev–Trinajstić information content (AvgIpc) is 2.80. The Bertz CT molecular complexity index is 400. The van der Waals surface area contributed by atoms with Gasteiger partial charge in [-0.1, -0.05) is 0 Å². The fraction of sp³-hybridized carbons (Fsp3) is 0.556. The molecule has 3 N–H and O–H groups in total. The van der Waals surface area contributed by atoms with E-state index in [4.69, 9.17) is 5.84 Å². The van der Waals surface area contributed by atoms with Crippen LogP contribution in [0, 0.1) is 0 Å². The zero-order chi connectivity index (χ0) is 12.5. The van der Waals surface area contributed by atoms with E-state index in [1.807, 2.05) is 0 Å². The van der Waals surface area contributed by atoms with Gasteiger partial charge in [-0.25, -0.2) is 15.8 Å². The SMILES string of the molecule is NNc1cc(N2CCCC2)nc(C(F)(F)F)n1. The van der Waals surface area contributed by atoms with Crippen LogP contribution in [0.15, 0.2) is 6.07 Å². The molecule has 0 radical (unpaired) electrons. The molecule has 0 saturated carbocycles. The molecule has 0 spiro atoms. The number of aromatic nitrogens is 2. The van der Waals surface area contributed by atoms with Gasteiger partial charge in [-0.05, 0) is 12.8 Å². The maximum Gasteiger partial charge on any atom is 0.451 e. The van der Waals surface area contributed by atoms with Crippen molar-refractivity contribution >= 4 is 11.6 Å². The summed E-state index contributed by atoms with van der Waals surface area (Å²) in [6.07, 6.45) is -2.66. The highest BCUT2D eigenvalue weighted by Gasteiger charge is 2.36. The Balaban J connectivity index is 2.38. The van der Waals surface area contributed by atoms with Gasteiger partial charge in [0.15, 0.2) is 0 Å². The molecule has 1 aliphatic heterocycles. The summed E-state index contributed by atoms with van der Waals surface area (Å²) in [5.74, 6) is 4.16. The molecular weight excluding hydrogens is 235 g/mol. The molecule has 1 aliphatic rings. The summed E-state index contributed by atoms with van der Waals surface area (Å²) >= 11 is 0. The number of nitrogens with two attached hydrogens (primary N) is 1. The molecule has 94 valence electrons. The van der Waals surface area contributed by atoms with Crippen LogP contribution in [0.1, 0.15) is 18.7 Å². The number of halogens is 3. The second-order valence-electron chi connectivity index (χ2n) is 3.77. The predicted octanol–water partition coefficient (Wildman–Crippen LogP) is 1.38. The van der Waals surface area contributed by atoms with Crippen LogP contribution in [-0.4, -0.2) is 23.1 Å². The third kappa shape index (κ3) is 2.57. The molecule has 0 aliphatic carbocycles. The Hall–Kier alpha value is -1.57. The Morgan fingerprint density at radius 3 is 2.41 bits per heavy atom. The first kappa shape index (κ1) is 11.9.